The Bertz CT molecular complexity index is 1140. The number of ketones is 1. The van der Waals surface area contributed by atoms with Crippen LogP contribution in [0.4, 0.5) is 0 Å². The number of carboxylic acid groups (broad SMARTS) is 1. The second-order valence-electron chi connectivity index (χ2n) is 7.30. The Balaban J connectivity index is 1.54. The molecule has 3 aromatic rings. The highest BCUT2D eigenvalue weighted by Gasteiger charge is 2.12. The van der Waals surface area contributed by atoms with Crippen molar-refractivity contribution in [1.82, 2.24) is 0 Å². The summed E-state index contributed by atoms with van der Waals surface area (Å²) in [5.41, 5.74) is 1.10. The monoisotopic (exact) mass is 449 g/mol. The molecule has 0 aromatic heterocycles. The van der Waals surface area contributed by atoms with Crippen LogP contribution in [0.2, 0.25) is 0 Å². The summed E-state index contributed by atoms with van der Waals surface area (Å²) in [5.74, 6) is 0.131. The number of phenols is 1. The third kappa shape index (κ3) is 6.26. The number of aromatic carboxylic acids is 1. The number of aryl methyl sites for hydroxylation is 1. The summed E-state index contributed by atoms with van der Waals surface area (Å²) in [4.78, 5) is 22.8. The number of hydrogen-bond acceptors (Lipinski definition) is 7. The molecule has 0 aliphatic rings. The smallest absolute Gasteiger partial charge is 0.163 e. The van der Waals surface area contributed by atoms with Crippen molar-refractivity contribution in [2.75, 3.05) is 13.2 Å². The maximum absolute atomic E-state index is 11.6. The first-order chi connectivity index (χ1) is 15.9. The molecular weight excluding hydrogens is 424 g/mol. The van der Waals surface area contributed by atoms with Gasteiger partial charge < -0.3 is 29.2 Å². The van der Waals surface area contributed by atoms with Gasteiger partial charge in [0, 0.05) is 24.1 Å². The normalized spacial score (nSPS) is 10.5. The largest absolute Gasteiger partial charge is 0.545 e. The van der Waals surface area contributed by atoms with Crippen LogP contribution in [0.5, 0.6) is 28.7 Å². The van der Waals surface area contributed by atoms with Crippen molar-refractivity contribution in [3.8, 4) is 28.7 Å². The van der Waals surface area contributed by atoms with Gasteiger partial charge in [0.15, 0.2) is 5.78 Å². The number of rotatable bonds is 11. The van der Waals surface area contributed by atoms with Gasteiger partial charge in [-0.25, -0.2) is 0 Å². The van der Waals surface area contributed by atoms with Gasteiger partial charge in [-0.3, -0.25) is 4.79 Å². The molecule has 0 saturated heterocycles. The Kier molecular flexibility index (Phi) is 7.91. The number of phenolic OH excluding ortho intramolecular Hbond substituents is 1. The van der Waals surface area contributed by atoms with E-state index >= 15 is 0 Å². The lowest BCUT2D eigenvalue weighted by Gasteiger charge is -2.14. The maximum atomic E-state index is 11.6. The number of ether oxygens (including phenoxy) is 3. The number of carbonyl (C=O) groups excluding carboxylic acids is 2. The standard InChI is InChI=1S/C26H26O7/c1-3-18-14-22(17(2)27)23(28)16-25(18)32-13-7-12-31-19-8-6-9-20(15-19)33-24-11-5-4-10-21(24)26(29)30/h4-6,8-11,14-16,28H,3,7,12-13H2,1-2H3,(H,29,30)/p-1. The number of carboxylic acids is 1. The predicted molar refractivity (Wildman–Crippen MR) is 120 cm³/mol. The summed E-state index contributed by atoms with van der Waals surface area (Å²) in [6.45, 7) is 4.10. The summed E-state index contributed by atoms with van der Waals surface area (Å²) in [6, 6.07) is 16.3. The topological polar surface area (TPSA) is 105 Å². The van der Waals surface area contributed by atoms with Gasteiger partial charge in [-0.1, -0.05) is 25.1 Å². The maximum Gasteiger partial charge on any atom is 0.163 e. The van der Waals surface area contributed by atoms with Gasteiger partial charge in [-0.05, 0) is 49.2 Å². The molecule has 0 aliphatic heterocycles. The molecule has 0 fully saturated rings. The van der Waals surface area contributed by atoms with Crippen molar-refractivity contribution in [1.29, 1.82) is 0 Å². The van der Waals surface area contributed by atoms with Gasteiger partial charge in [-0.2, -0.15) is 0 Å². The van der Waals surface area contributed by atoms with Crippen LogP contribution in [-0.4, -0.2) is 30.1 Å². The molecule has 1 N–H and O–H groups in total. The molecular formula is C26H25O7-. The molecule has 0 radical (unpaired) electrons. The van der Waals surface area contributed by atoms with E-state index in [0.717, 1.165) is 5.56 Å². The Hall–Kier alpha value is -4.00. The molecule has 0 saturated carbocycles. The molecule has 0 aliphatic carbocycles. The van der Waals surface area contributed by atoms with E-state index in [4.69, 9.17) is 14.2 Å². The Morgan fingerprint density at radius 2 is 1.61 bits per heavy atom. The first kappa shape index (κ1) is 23.7. The third-order valence-corrected chi connectivity index (χ3v) is 4.89. The lowest BCUT2D eigenvalue weighted by atomic mass is 10.0. The van der Waals surface area contributed by atoms with Gasteiger partial charge in [0.25, 0.3) is 0 Å². The molecule has 3 rings (SSSR count). The number of Topliss-reactive ketones (excluding diaryl/α,β-unsaturated/α-hetero) is 1. The van der Waals surface area contributed by atoms with E-state index in [1.807, 2.05) is 6.92 Å². The fourth-order valence-corrected chi connectivity index (χ4v) is 3.22. The molecule has 0 amide bonds. The Morgan fingerprint density at radius 3 is 2.33 bits per heavy atom. The van der Waals surface area contributed by atoms with Crippen molar-refractivity contribution >= 4 is 11.8 Å². The summed E-state index contributed by atoms with van der Waals surface area (Å²) in [6.07, 6.45) is 1.25. The lowest BCUT2D eigenvalue weighted by Crippen LogP contribution is -2.22. The summed E-state index contributed by atoms with van der Waals surface area (Å²) in [5, 5.41) is 21.3. The highest BCUT2D eigenvalue weighted by molar-refractivity contribution is 5.97. The van der Waals surface area contributed by atoms with E-state index in [-0.39, 0.29) is 28.4 Å². The first-order valence-electron chi connectivity index (χ1n) is 10.6. The van der Waals surface area contributed by atoms with Crippen molar-refractivity contribution in [3.05, 3.63) is 77.4 Å². The first-order valence-corrected chi connectivity index (χ1v) is 10.6. The summed E-state index contributed by atoms with van der Waals surface area (Å²) < 4.78 is 17.2. The number of carbonyl (C=O) groups is 2. The van der Waals surface area contributed by atoms with E-state index in [2.05, 4.69) is 0 Å². The SMILES string of the molecule is CCc1cc(C(C)=O)c(O)cc1OCCCOc1cccc(Oc2ccccc2C(=O)[O-])c1. The van der Waals surface area contributed by atoms with Crippen molar-refractivity contribution in [2.45, 2.75) is 26.7 Å². The van der Waals surface area contributed by atoms with Crippen molar-refractivity contribution < 1.29 is 34.0 Å². The molecule has 33 heavy (non-hydrogen) atoms. The number of hydrogen-bond donors (Lipinski definition) is 1. The second kappa shape index (κ2) is 11.0. The fourth-order valence-electron chi connectivity index (χ4n) is 3.22. The molecule has 0 spiro atoms. The van der Waals surface area contributed by atoms with Crippen LogP contribution in [0.3, 0.4) is 0 Å². The van der Waals surface area contributed by atoms with Gasteiger partial charge >= 0.3 is 0 Å². The van der Waals surface area contributed by atoms with Crippen LogP contribution in [0.1, 0.15) is 46.5 Å². The molecule has 0 unspecified atom stereocenters. The minimum absolute atomic E-state index is 0.0326. The van der Waals surface area contributed by atoms with Crippen LogP contribution in [-0.2, 0) is 6.42 Å². The quantitative estimate of drug-likeness (QED) is 0.346. The summed E-state index contributed by atoms with van der Waals surface area (Å²) in [7, 11) is 0. The second-order valence-corrected chi connectivity index (χ2v) is 7.30. The average Bonchev–Trinajstić information content (AvgIpc) is 2.79. The minimum Gasteiger partial charge on any atom is -0.545 e. The zero-order valence-corrected chi connectivity index (χ0v) is 18.5. The van der Waals surface area contributed by atoms with Crippen LogP contribution in [0.25, 0.3) is 0 Å². The van der Waals surface area contributed by atoms with Crippen molar-refractivity contribution in [2.24, 2.45) is 0 Å². The van der Waals surface area contributed by atoms with Crippen LogP contribution >= 0.6 is 0 Å². The van der Waals surface area contributed by atoms with E-state index in [9.17, 15) is 19.8 Å². The Morgan fingerprint density at radius 1 is 0.879 bits per heavy atom. The molecule has 7 nitrogen and oxygen atoms in total. The number of benzene rings is 3. The van der Waals surface area contributed by atoms with Gasteiger partial charge in [0.2, 0.25) is 0 Å². The third-order valence-electron chi connectivity index (χ3n) is 4.89. The number of para-hydroxylation sites is 1. The zero-order valence-electron chi connectivity index (χ0n) is 18.5. The highest BCUT2D eigenvalue weighted by Crippen LogP contribution is 2.30. The predicted octanol–water partition coefficient (Wildman–Crippen LogP) is 4.16. The lowest BCUT2D eigenvalue weighted by molar-refractivity contribution is -0.255. The highest BCUT2D eigenvalue weighted by atomic mass is 16.5. The average molecular weight is 449 g/mol. The zero-order chi connectivity index (χ0) is 23.8. The van der Waals surface area contributed by atoms with Gasteiger partial charge in [0.05, 0.1) is 24.7 Å². The molecule has 0 heterocycles. The van der Waals surface area contributed by atoms with Crippen LogP contribution in [0.15, 0.2) is 60.7 Å². The van der Waals surface area contributed by atoms with Gasteiger partial charge in [0.1, 0.15) is 28.7 Å². The van der Waals surface area contributed by atoms with Crippen LogP contribution in [0, 0.1) is 0 Å². The van der Waals surface area contributed by atoms with E-state index in [0.29, 0.717) is 43.3 Å². The molecule has 0 atom stereocenters. The van der Waals surface area contributed by atoms with Crippen LogP contribution < -0.4 is 19.3 Å². The fraction of sp³-hybridized carbons (Fsp3) is 0.231. The molecule has 7 heteroatoms. The summed E-state index contributed by atoms with van der Waals surface area (Å²) >= 11 is 0. The Labute approximate surface area is 192 Å². The van der Waals surface area contributed by atoms with E-state index in [1.165, 1.54) is 19.1 Å². The molecule has 3 aromatic carbocycles. The number of aromatic hydroxyl groups is 1. The van der Waals surface area contributed by atoms with E-state index in [1.54, 1.807) is 48.5 Å². The van der Waals surface area contributed by atoms with Crippen molar-refractivity contribution in [3.63, 3.8) is 0 Å². The van der Waals surface area contributed by atoms with E-state index < -0.39 is 5.97 Å². The van der Waals surface area contributed by atoms with Gasteiger partial charge in [-0.15, -0.1) is 0 Å². The molecule has 172 valence electrons. The minimum atomic E-state index is -1.31. The molecule has 0 bridgehead atoms.